The molecule has 7 nitrogen and oxygen atoms in total. The molecular weight excluding hydrogens is 378 g/mol. The molecule has 0 unspecified atom stereocenters. The molecule has 1 fully saturated rings. The van der Waals surface area contributed by atoms with E-state index in [4.69, 9.17) is 14.7 Å². The molecule has 8 heteroatoms. The van der Waals surface area contributed by atoms with Crippen LogP contribution in [0.3, 0.4) is 0 Å². The van der Waals surface area contributed by atoms with Crippen LogP contribution < -0.4 is 14.2 Å². The molecule has 1 saturated carbocycles. The van der Waals surface area contributed by atoms with Gasteiger partial charge in [0, 0.05) is 18.3 Å². The van der Waals surface area contributed by atoms with E-state index in [2.05, 4.69) is 9.71 Å². The molecule has 0 aliphatic heterocycles. The second-order valence-electron chi connectivity index (χ2n) is 6.59. The lowest BCUT2D eigenvalue weighted by Gasteiger charge is -2.29. The first kappa shape index (κ1) is 20.1. The Kier molecular flexibility index (Phi) is 6.49. The van der Waals surface area contributed by atoms with E-state index < -0.39 is 10.0 Å². The minimum atomic E-state index is -3.66. The van der Waals surface area contributed by atoms with Crippen molar-refractivity contribution in [1.82, 2.24) is 9.71 Å². The quantitative estimate of drug-likeness (QED) is 0.765. The van der Waals surface area contributed by atoms with Gasteiger partial charge < -0.3 is 9.47 Å². The smallest absolute Gasteiger partial charge is 0.244 e. The fourth-order valence-electron chi connectivity index (χ4n) is 3.22. The summed E-state index contributed by atoms with van der Waals surface area (Å²) in [6, 6.07) is 11.9. The number of benzene rings is 1. The van der Waals surface area contributed by atoms with Crippen molar-refractivity contribution in [3.8, 4) is 17.7 Å². The number of aromatic nitrogens is 1. The summed E-state index contributed by atoms with van der Waals surface area (Å²) in [5.41, 5.74) is 0.484. The first-order chi connectivity index (χ1) is 13.5. The van der Waals surface area contributed by atoms with Crippen LogP contribution in [-0.4, -0.2) is 32.2 Å². The summed E-state index contributed by atoms with van der Waals surface area (Å²) in [5.74, 6) is 0.843. The fourth-order valence-corrected chi connectivity index (χ4v) is 4.67. The summed E-state index contributed by atoms with van der Waals surface area (Å²) >= 11 is 0. The lowest BCUT2D eigenvalue weighted by Crippen LogP contribution is -2.39. The Morgan fingerprint density at radius 1 is 1.18 bits per heavy atom. The highest BCUT2D eigenvalue weighted by atomic mass is 32.2. The number of pyridine rings is 1. The Hall–Kier alpha value is -2.63. The van der Waals surface area contributed by atoms with Crippen molar-refractivity contribution in [1.29, 1.82) is 5.26 Å². The van der Waals surface area contributed by atoms with Gasteiger partial charge in [-0.25, -0.2) is 18.1 Å². The van der Waals surface area contributed by atoms with E-state index in [0.717, 1.165) is 12.8 Å². The highest BCUT2D eigenvalue weighted by Gasteiger charge is 2.28. The molecule has 0 amide bonds. The molecule has 0 saturated heterocycles. The summed E-state index contributed by atoms with van der Waals surface area (Å²) in [5, 5.41) is 8.81. The Balaban J connectivity index is 1.57. The zero-order valence-electron chi connectivity index (χ0n) is 15.7. The first-order valence-electron chi connectivity index (χ1n) is 9.29. The minimum Gasteiger partial charge on any atom is -0.492 e. The van der Waals surface area contributed by atoms with Crippen LogP contribution in [0.25, 0.3) is 0 Å². The largest absolute Gasteiger partial charge is 0.492 e. The van der Waals surface area contributed by atoms with Crippen LogP contribution >= 0.6 is 0 Å². The van der Waals surface area contributed by atoms with Gasteiger partial charge in [-0.2, -0.15) is 5.26 Å². The van der Waals surface area contributed by atoms with Gasteiger partial charge in [-0.15, -0.1) is 0 Å². The number of ether oxygens (including phenoxy) is 2. The second kappa shape index (κ2) is 9.04. The van der Waals surface area contributed by atoms with Crippen LogP contribution in [-0.2, 0) is 10.0 Å². The van der Waals surface area contributed by atoms with E-state index in [1.807, 2.05) is 13.0 Å². The predicted molar refractivity (Wildman–Crippen MR) is 104 cm³/mol. The number of hydrogen-bond acceptors (Lipinski definition) is 6. The van der Waals surface area contributed by atoms with E-state index in [0.29, 0.717) is 36.6 Å². The Bertz CT molecular complexity index is 931. The van der Waals surface area contributed by atoms with Crippen molar-refractivity contribution in [3.05, 3.63) is 48.2 Å². The summed E-state index contributed by atoms with van der Waals surface area (Å²) in [4.78, 5) is 4.28. The standard InChI is InChI=1S/C20H23N3O4S/c1-2-26-18-5-3-4-6-19(18)28(24,25)23-16-8-10-17(11-9-16)27-20-12-7-15(13-21)14-22-20/h3-7,12,14,16-17,23H,2,8-11H2,1H3. The average Bonchev–Trinajstić information content (AvgIpc) is 2.70. The Morgan fingerprint density at radius 2 is 1.93 bits per heavy atom. The van der Waals surface area contributed by atoms with Gasteiger partial charge >= 0.3 is 0 Å². The highest BCUT2D eigenvalue weighted by molar-refractivity contribution is 7.89. The first-order valence-corrected chi connectivity index (χ1v) is 10.8. The van der Waals surface area contributed by atoms with Crippen LogP contribution in [0.5, 0.6) is 11.6 Å². The third-order valence-electron chi connectivity index (χ3n) is 4.59. The zero-order chi connectivity index (χ0) is 20.0. The Labute approximate surface area is 165 Å². The van der Waals surface area contributed by atoms with E-state index >= 15 is 0 Å². The molecule has 3 rings (SSSR count). The van der Waals surface area contributed by atoms with E-state index in [1.165, 1.54) is 6.20 Å². The summed E-state index contributed by atoms with van der Waals surface area (Å²) in [7, 11) is -3.66. The summed E-state index contributed by atoms with van der Waals surface area (Å²) < 4.78 is 39.6. The molecule has 0 spiro atoms. The van der Waals surface area contributed by atoms with Gasteiger partial charge in [0.2, 0.25) is 15.9 Å². The molecular formula is C20H23N3O4S. The highest BCUT2D eigenvalue weighted by Crippen LogP contribution is 2.27. The molecule has 1 aromatic heterocycles. The second-order valence-corrected chi connectivity index (χ2v) is 8.27. The van der Waals surface area contributed by atoms with Crippen molar-refractivity contribution in [2.45, 2.75) is 49.6 Å². The zero-order valence-corrected chi connectivity index (χ0v) is 16.5. The average molecular weight is 401 g/mol. The molecule has 1 heterocycles. The topological polar surface area (TPSA) is 101 Å². The maximum Gasteiger partial charge on any atom is 0.244 e. The third kappa shape index (κ3) is 5.00. The van der Waals surface area contributed by atoms with Gasteiger partial charge in [-0.05, 0) is 50.8 Å². The maximum absolute atomic E-state index is 12.8. The predicted octanol–water partition coefficient (Wildman–Crippen LogP) is 3.02. The van der Waals surface area contributed by atoms with E-state index in [-0.39, 0.29) is 17.0 Å². The van der Waals surface area contributed by atoms with E-state index in [1.54, 1.807) is 36.4 Å². The Morgan fingerprint density at radius 3 is 2.57 bits per heavy atom. The van der Waals surface area contributed by atoms with Crippen LogP contribution in [0.4, 0.5) is 0 Å². The van der Waals surface area contributed by atoms with Crippen molar-refractivity contribution < 1.29 is 17.9 Å². The molecule has 28 heavy (non-hydrogen) atoms. The van der Waals surface area contributed by atoms with Gasteiger partial charge in [0.1, 0.15) is 22.8 Å². The van der Waals surface area contributed by atoms with Crippen LogP contribution in [0, 0.1) is 11.3 Å². The number of nitriles is 1. The van der Waals surface area contributed by atoms with Gasteiger partial charge in [-0.1, -0.05) is 12.1 Å². The monoisotopic (exact) mass is 401 g/mol. The lowest BCUT2D eigenvalue weighted by atomic mass is 9.94. The van der Waals surface area contributed by atoms with Crippen molar-refractivity contribution in [2.24, 2.45) is 0 Å². The van der Waals surface area contributed by atoms with Crippen LogP contribution in [0.1, 0.15) is 38.2 Å². The molecule has 148 valence electrons. The number of hydrogen-bond donors (Lipinski definition) is 1. The number of para-hydroxylation sites is 1. The molecule has 2 aromatic rings. The molecule has 1 aliphatic rings. The normalized spacial score (nSPS) is 19.6. The van der Waals surface area contributed by atoms with Gasteiger partial charge in [-0.3, -0.25) is 0 Å². The minimum absolute atomic E-state index is 0.0168. The number of nitrogens with one attached hydrogen (secondary N) is 1. The maximum atomic E-state index is 12.8. The van der Waals surface area contributed by atoms with Crippen molar-refractivity contribution >= 4 is 10.0 Å². The third-order valence-corrected chi connectivity index (χ3v) is 6.15. The molecule has 1 aromatic carbocycles. The number of nitrogens with zero attached hydrogens (tertiary/aromatic N) is 2. The molecule has 0 bridgehead atoms. The van der Waals surface area contributed by atoms with Crippen LogP contribution in [0.15, 0.2) is 47.5 Å². The van der Waals surface area contributed by atoms with Crippen LogP contribution in [0.2, 0.25) is 0 Å². The molecule has 1 N–H and O–H groups in total. The van der Waals surface area contributed by atoms with Crippen molar-refractivity contribution in [3.63, 3.8) is 0 Å². The molecule has 1 aliphatic carbocycles. The van der Waals surface area contributed by atoms with Gasteiger partial charge in [0.25, 0.3) is 0 Å². The lowest BCUT2D eigenvalue weighted by molar-refractivity contribution is 0.138. The number of sulfonamides is 1. The summed E-state index contributed by atoms with van der Waals surface area (Å²) in [6.07, 6.45) is 4.26. The van der Waals surface area contributed by atoms with E-state index in [9.17, 15) is 8.42 Å². The number of rotatable bonds is 7. The van der Waals surface area contributed by atoms with Crippen molar-refractivity contribution in [2.75, 3.05) is 6.61 Å². The van der Waals surface area contributed by atoms with Gasteiger partial charge in [0.05, 0.1) is 12.2 Å². The SMILES string of the molecule is CCOc1ccccc1S(=O)(=O)NC1CCC(Oc2ccc(C#N)cn2)CC1. The van der Waals surface area contributed by atoms with Gasteiger partial charge in [0.15, 0.2) is 0 Å². The fraction of sp³-hybridized carbons (Fsp3) is 0.400. The summed E-state index contributed by atoms with van der Waals surface area (Å²) in [6.45, 7) is 2.22. The molecule has 0 atom stereocenters. The molecule has 0 radical (unpaired) electrons.